The molecule has 0 saturated heterocycles. The second kappa shape index (κ2) is 7.46. The molecule has 0 atom stereocenters. The highest BCUT2D eigenvalue weighted by molar-refractivity contribution is 7.22. The highest BCUT2D eigenvalue weighted by atomic mass is 35.5. The van der Waals surface area contributed by atoms with E-state index in [1.807, 2.05) is 36.4 Å². The van der Waals surface area contributed by atoms with E-state index in [9.17, 15) is 0 Å². The minimum atomic E-state index is 0.0687. The molecule has 1 N–H and O–H groups in total. The Hall–Kier alpha value is -2.56. The molecule has 2 heterocycles. The molecule has 0 radical (unpaired) electrons. The Labute approximate surface area is 174 Å². The monoisotopic (exact) mass is 407 g/mol. The van der Waals surface area contributed by atoms with Crippen LogP contribution >= 0.6 is 22.9 Å². The van der Waals surface area contributed by atoms with Crippen molar-refractivity contribution in [2.24, 2.45) is 5.41 Å². The third kappa shape index (κ3) is 3.71. The molecule has 0 amide bonds. The van der Waals surface area contributed by atoms with Gasteiger partial charge in [0, 0.05) is 23.2 Å². The van der Waals surface area contributed by atoms with Gasteiger partial charge in [-0.2, -0.15) is 0 Å². The van der Waals surface area contributed by atoms with E-state index >= 15 is 0 Å². The first-order chi connectivity index (χ1) is 13.5. The molecular weight excluding hydrogens is 386 g/mol. The quantitative estimate of drug-likeness (QED) is 0.454. The molecule has 28 heavy (non-hydrogen) atoms. The van der Waals surface area contributed by atoms with Gasteiger partial charge < -0.3 is 10.2 Å². The van der Waals surface area contributed by atoms with E-state index in [1.54, 1.807) is 11.3 Å². The third-order valence-corrected chi connectivity index (χ3v) is 6.05. The average molecular weight is 408 g/mol. The number of nitrogens with one attached hydrogen (secondary N) is 1. The maximum Gasteiger partial charge on any atom is 0.188 e. The van der Waals surface area contributed by atoms with Gasteiger partial charge in [-0.05, 0) is 35.9 Å². The number of nitrogens with zero attached hydrogens (tertiary/aromatic N) is 2. The first-order valence-electron chi connectivity index (χ1n) is 9.16. The Morgan fingerprint density at radius 2 is 2.07 bits per heavy atom. The number of para-hydroxylation sites is 2. The topological polar surface area (TPSA) is 28.2 Å². The van der Waals surface area contributed by atoms with Gasteiger partial charge in [0.1, 0.15) is 0 Å². The predicted molar refractivity (Wildman–Crippen MR) is 123 cm³/mol. The van der Waals surface area contributed by atoms with Gasteiger partial charge in [-0.3, -0.25) is 0 Å². The van der Waals surface area contributed by atoms with Crippen molar-refractivity contribution >= 4 is 49.7 Å². The standard InChI is InChI=1S/C23H22ClN3S/c1-4-5-8-16-14-27(15-23(16,2)3)20-10-7-6-9-18(20)25-22-26-19-13-17(24)11-12-21(19)28-22/h4-14H,1,15H2,2-3H3,(H,25,26)/b8-5-. The third-order valence-electron chi connectivity index (χ3n) is 4.86. The van der Waals surface area contributed by atoms with Gasteiger partial charge in [-0.1, -0.05) is 73.7 Å². The van der Waals surface area contributed by atoms with Gasteiger partial charge >= 0.3 is 0 Å². The molecule has 0 bridgehead atoms. The van der Waals surface area contributed by atoms with Crippen LogP contribution in [0.4, 0.5) is 16.5 Å². The van der Waals surface area contributed by atoms with Crippen LogP contribution in [0.5, 0.6) is 0 Å². The van der Waals surface area contributed by atoms with Crippen LogP contribution < -0.4 is 10.2 Å². The van der Waals surface area contributed by atoms with Gasteiger partial charge in [-0.15, -0.1) is 0 Å². The Bertz CT molecular complexity index is 1090. The molecule has 2 aromatic carbocycles. The summed E-state index contributed by atoms with van der Waals surface area (Å²) < 4.78 is 1.11. The van der Waals surface area contributed by atoms with E-state index in [4.69, 9.17) is 11.6 Å². The molecule has 5 heteroatoms. The van der Waals surface area contributed by atoms with Crippen molar-refractivity contribution in [2.45, 2.75) is 13.8 Å². The Morgan fingerprint density at radius 1 is 1.25 bits per heavy atom. The van der Waals surface area contributed by atoms with Gasteiger partial charge in [0.05, 0.1) is 21.6 Å². The number of hydrogen-bond donors (Lipinski definition) is 1. The molecule has 1 aromatic heterocycles. The van der Waals surface area contributed by atoms with Crippen LogP contribution in [0.25, 0.3) is 10.2 Å². The highest BCUT2D eigenvalue weighted by Crippen LogP contribution is 2.40. The molecule has 3 nitrogen and oxygen atoms in total. The zero-order valence-electron chi connectivity index (χ0n) is 15.9. The van der Waals surface area contributed by atoms with Gasteiger partial charge in [0.2, 0.25) is 0 Å². The number of hydrogen-bond acceptors (Lipinski definition) is 4. The van der Waals surface area contributed by atoms with Crippen LogP contribution in [0.15, 0.2) is 79.0 Å². The zero-order chi connectivity index (χ0) is 19.7. The summed E-state index contributed by atoms with van der Waals surface area (Å²) in [6, 6.07) is 14.1. The first-order valence-corrected chi connectivity index (χ1v) is 10.4. The molecule has 0 fully saturated rings. The molecule has 0 spiro atoms. The van der Waals surface area contributed by atoms with Crippen LogP contribution in [0.3, 0.4) is 0 Å². The van der Waals surface area contributed by atoms with Crippen LogP contribution in [0.2, 0.25) is 5.02 Å². The van der Waals surface area contributed by atoms with Crippen molar-refractivity contribution in [2.75, 3.05) is 16.8 Å². The second-order valence-electron chi connectivity index (χ2n) is 7.46. The van der Waals surface area contributed by atoms with Gasteiger partial charge in [0.15, 0.2) is 5.13 Å². The lowest BCUT2D eigenvalue weighted by molar-refractivity contribution is 0.495. The fourth-order valence-electron chi connectivity index (χ4n) is 3.40. The fourth-order valence-corrected chi connectivity index (χ4v) is 4.42. The van der Waals surface area contributed by atoms with Crippen molar-refractivity contribution < 1.29 is 0 Å². The normalized spacial score (nSPS) is 16.0. The largest absolute Gasteiger partial charge is 0.345 e. The molecule has 0 saturated carbocycles. The van der Waals surface area contributed by atoms with Crippen LogP contribution in [0, 0.1) is 5.41 Å². The van der Waals surface area contributed by atoms with E-state index < -0.39 is 0 Å². The molecule has 0 unspecified atom stereocenters. The molecule has 0 aliphatic carbocycles. The lowest BCUT2D eigenvalue weighted by atomic mass is 9.86. The van der Waals surface area contributed by atoms with Crippen molar-refractivity contribution in [3.63, 3.8) is 0 Å². The number of benzene rings is 2. The number of aromatic nitrogens is 1. The summed E-state index contributed by atoms with van der Waals surface area (Å²) in [6.45, 7) is 9.22. The molecule has 4 rings (SSSR count). The minimum Gasteiger partial charge on any atom is -0.345 e. The summed E-state index contributed by atoms with van der Waals surface area (Å²) in [7, 11) is 0. The number of anilines is 3. The summed E-state index contributed by atoms with van der Waals surface area (Å²) in [5, 5.41) is 5.07. The molecule has 3 aromatic rings. The molecule has 1 aliphatic rings. The summed E-state index contributed by atoms with van der Waals surface area (Å²) in [4.78, 5) is 6.99. The highest BCUT2D eigenvalue weighted by Gasteiger charge is 2.31. The van der Waals surface area contributed by atoms with E-state index in [-0.39, 0.29) is 5.41 Å². The molecular formula is C23H22ClN3S. The Balaban J connectivity index is 1.66. The summed E-state index contributed by atoms with van der Waals surface area (Å²) in [5.41, 5.74) is 4.44. The van der Waals surface area contributed by atoms with Crippen molar-refractivity contribution in [3.8, 4) is 0 Å². The van der Waals surface area contributed by atoms with Crippen LogP contribution in [0.1, 0.15) is 13.8 Å². The number of allylic oxidation sites excluding steroid dienone is 3. The van der Waals surface area contributed by atoms with Crippen molar-refractivity contribution in [1.29, 1.82) is 0 Å². The Morgan fingerprint density at radius 3 is 2.89 bits per heavy atom. The Kier molecular flexibility index (Phi) is 5.00. The SMILES string of the molecule is C=C/C=C\C1=CN(c2ccccc2Nc2nc3cc(Cl)ccc3s2)CC1(C)C. The lowest BCUT2D eigenvalue weighted by Gasteiger charge is -2.25. The summed E-state index contributed by atoms with van der Waals surface area (Å²) in [6.07, 6.45) is 8.17. The van der Waals surface area contributed by atoms with Crippen molar-refractivity contribution in [3.05, 3.63) is 84.1 Å². The van der Waals surface area contributed by atoms with E-state index in [1.165, 1.54) is 5.57 Å². The summed E-state index contributed by atoms with van der Waals surface area (Å²) in [5.74, 6) is 0. The fraction of sp³-hybridized carbons (Fsp3) is 0.174. The lowest BCUT2D eigenvalue weighted by Crippen LogP contribution is -2.24. The number of fused-ring (bicyclic) bond motifs is 1. The van der Waals surface area contributed by atoms with E-state index in [2.05, 4.69) is 66.1 Å². The maximum atomic E-state index is 6.10. The maximum absolute atomic E-state index is 6.10. The first kappa shape index (κ1) is 18.8. The summed E-state index contributed by atoms with van der Waals surface area (Å²) >= 11 is 7.72. The zero-order valence-corrected chi connectivity index (χ0v) is 17.5. The molecule has 1 aliphatic heterocycles. The second-order valence-corrected chi connectivity index (χ2v) is 8.93. The minimum absolute atomic E-state index is 0.0687. The average Bonchev–Trinajstić information content (AvgIpc) is 3.19. The molecule has 142 valence electrons. The number of halogens is 1. The number of thiazole rings is 1. The van der Waals surface area contributed by atoms with E-state index in [0.29, 0.717) is 5.02 Å². The predicted octanol–water partition coefficient (Wildman–Crippen LogP) is 7.17. The van der Waals surface area contributed by atoms with Gasteiger partial charge in [-0.25, -0.2) is 4.98 Å². The smallest absolute Gasteiger partial charge is 0.188 e. The van der Waals surface area contributed by atoms with Crippen LogP contribution in [-0.4, -0.2) is 11.5 Å². The van der Waals surface area contributed by atoms with Crippen LogP contribution in [-0.2, 0) is 0 Å². The van der Waals surface area contributed by atoms with Gasteiger partial charge in [0.25, 0.3) is 0 Å². The van der Waals surface area contributed by atoms with Crippen molar-refractivity contribution in [1.82, 2.24) is 4.98 Å². The number of rotatable bonds is 5. The van der Waals surface area contributed by atoms with E-state index in [0.717, 1.165) is 33.3 Å².